The molecule has 2 nitrogen and oxygen atoms in total. The molecule has 1 heterocycles. The summed E-state index contributed by atoms with van der Waals surface area (Å²) in [5, 5.41) is 3.50. The molecule has 78 valence electrons. The average Bonchev–Trinajstić information content (AvgIpc) is 2.18. The van der Waals surface area contributed by atoms with Crippen LogP contribution >= 0.6 is 0 Å². The van der Waals surface area contributed by atoms with Gasteiger partial charge in [-0.15, -0.1) is 0 Å². The molecule has 0 bridgehead atoms. The summed E-state index contributed by atoms with van der Waals surface area (Å²) in [5.74, 6) is 0.878. The third-order valence-electron chi connectivity index (χ3n) is 3.29. The van der Waals surface area contributed by atoms with E-state index in [9.17, 15) is 0 Å². The van der Waals surface area contributed by atoms with E-state index < -0.39 is 0 Å². The maximum atomic E-state index is 3.50. The molecule has 1 saturated heterocycles. The van der Waals surface area contributed by atoms with Crippen LogP contribution in [0.2, 0.25) is 0 Å². The van der Waals surface area contributed by atoms with Gasteiger partial charge in [0.2, 0.25) is 0 Å². The van der Waals surface area contributed by atoms with E-state index in [1.165, 1.54) is 38.9 Å². The van der Waals surface area contributed by atoms with Crippen molar-refractivity contribution in [3.8, 4) is 0 Å². The lowest BCUT2D eigenvalue weighted by molar-refractivity contribution is 0.138. The van der Waals surface area contributed by atoms with Crippen molar-refractivity contribution in [3.63, 3.8) is 0 Å². The molecule has 1 aliphatic rings. The zero-order chi connectivity index (χ0) is 9.68. The fourth-order valence-electron chi connectivity index (χ4n) is 2.39. The van der Waals surface area contributed by atoms with Crippen LogP contribution in [0.4, 0.5) is 0 Å². The van der Waals surface area contributed by atoms with Gasteiger partial charge in [0.15, 0.2) is 0 Å². The van der Waals surface area contributed by atoms with Gasteiger partial charge in [-0.1, -0.05) is 20.3 Å². The zero-order valence-corrected chi connectivity index (χ0v) is 9.34. The summed E-state index contributed by atoms with van der Waals surface area (Å²) in [4.78, 5) is 2.52. The molecule has 1 fully saturated rings. The predicted molar refractivity (Wildman–Crippen MR) is 58.0 cm³/mol. The lowest BCUT2D eigenvalue weighted by Gasteiger charge is -2.38. The van der Waals surface area contributed by atoms with Gasteiger partial charge < -0.3 is 10.2 Å². The number of hydrogen-bond acceptors (Lipinski definition) is 2. The van der Waals surface area contributed by atoms with Gasteiger partial charge in [0.05, 0.1) is 0 Å². The van der Waals surface area contributed by atoms with Gasteiger partial charge in [-0.25, -0.2) is 0 Å². The summed E-state index contributed by atoms with van der Waals surface area (Å²) in [6.45, 7) is 8.16. The Morgan fingerprint density at radius 2 is 2.15 bits per heavy atom. The molecule has 1 rings (SSSR count). The van der Waals surface area contributed by atoms with E-state index in [-0.39, 0.29) is 0 Å². The second-order valence-corrected chi connectivity index (χ2v) is 4.18. The van der Waals surface area contributed by atoms with Crippen molar-refractivity contribution in [1.82, 2.24) is 10.2 Å². The summed E-state index contributed by atoms with van der Waals surface area (Å²) in [6, 6.07) is 0.825. The number of nitrogens with one attached hydrogen (secondary N) is 1. The maximum absolute atomic E-state index is 3.50. The summed E-state index contributed by atoms with van der Waals surface area (Å²) in [7, 11) is 2.26. The first-order chi connectivity index (χ1) is 6.29. The van der Waals surface area contributed by atoms with Gasteiger partial charge in [-0.2, -0.15) is 0 Å². The van der Waals surface area contributed by atoms with Crippen molar-refractivity contribution in [2.24, 2.45) is 5.92 Å². The standard InChI is InChI=1S/C11H24N2/c1-4-6-10-9-12-8-7-11(10)13(3)5-2/h10-12H,4-9H2,1-3H3. The Hall–Kier alpha value is -0.0800. The highest BCUT2D eigenvalue weighted by atomic mass is 15.1. The Morgan fingerprint density at radius 1 is 1.38 bits per heavy atom. The molecule has 0 aromatic rings. The van der Waals surface area contributed by atoms with E-state index in [1.54, 1.807) is 0 Å². The molecule has 0 aromatic carbocycles. The molecule has 0 spiro atoms. The van der Waals surface area contributed by atoms with Crippen molar-refractivity contribution in [1.29, 1.82) is 0 Å². The average molecular weight is 184 g/mol. The first kappa shape index (κ1) is 11.0. The third-order valence-corrected chi connectivity index (χ3v) is 3.29. The molecule has 1 aliphatic heterocycles. The second kappa shape index (κ2) is 5.61. The van der Waals surface area contributed by atoms with Crippen molar-refractivity contribution in [3.05, 3.63) is 0 Å². The molecule has 0 amide bonds. The van der Waals surface area contributed by atoms with Crippen LogP contribution in [0.1, 0.15) is 33.1 Å². The Kier molecular flexibility index (Phi) is 4.74. The van der Waals surface area contributed by atoms with Crippen molar-refractivity contribution in [2.75, 3.05) is 26.7 Å². The number of hydrogen-bond donors (Lipinski definition) is 1. The minimum absolute atomic E-state index is 0.825. The molecule has 0 radical (unpaired) electrons. The van der Waals surface area contributed by atoms with Gasteiger partial charge in [0, 0.05) is 6.04 Å². The summed E-state index contributed by atoms with van der Waals surface area (Å²) >= 11 is 0. The SMILES string of the molecule is CCCC1CNCCC1N(C)CC. The summed E-state index contributed by atoms with van der Waals surface area (Å²) in [5.41, 5.74) is 0. The van der Waals surface area contributed by atoms with E-state index in [1.807, 2.05) is 0 Å². The van der Waals surface area contributed by atoms with E-state index in [0.29, 0.717) is 0 Å². The van der Waals surface area contributed by atoms with Gasteiger partial charge >= 0.3 is 0 Å². The van der Waals surface area contributed by atoms with Crippen LogP contribution in [-0.2, 0) is 0 Å². The van der Waals surface area contributed by atoms with Crippen molar-refractivity contribution < 1.29 is 0 Å². The molecule has 2 heteroatoms. The summed E-state index contributed by atoms with van der Waals surface area (Å²) in [6.07, 6.45) is 4.03. The minimum Gasteiger partial charge on any atom is -0.316 e. The van der Waals surface area contributed by atoms with Gasteiger partial charge in [0.25, 0.3) is 0 Å². The van der Waals surface area contributed by atoms with Crippen molar-refractivity contribution in [2.45, 2.75) is 39.2 Å². The largest absolute Gasteiger partial charge is 0.316 e. The van der Waals surface area contributed by atoms with E-state index in [0.717, 1.165) is 12.0 Å². The van der Waals surface area contributed by atoms with Crippen molar-refractivity contribution >= 4 is 0 Å². The second-order valence-electron chi connectivity index (χ2n) is 4.18. The topological polar surface area (TPSA) is 15.3 Å². The van der Waals surface area contributed by atoms with Crippen LogP contribution in [0, 0.1) is 5.92 Å². The first-order valence-electron chi connectivity index (χ1n) is 5.70. The quantitative estimate of drug-likeness (QED) is 0.715. The Labute approximate surface area is 82.7 Å². The number of nitrogens with zero attached hydrogens (tertiary/aromatic N) is 1. The molecule has 0 aliphatic carbocycles. The molecule has 0 saturated carbocycles. The van der Waals surface area contributed by atoms with E-state index in [2.05, 4.69) is 31.1 Å². The maximum Gasteiger partial charge on any atom is 0.0144 e. The number of piperidine rings is 1. The molecule has 13 heavy (non-hydrogen) atoms. The monoisotopic (exact) mass is 184 g/mol. The Bertz CT molecular complexity index is 134. The molecular weight excluding hydrogens is 160 g/mol. The first-order valence-corrected chi connectivity index (χ1v) is 5.70. The van der Waals surface area contributed by atoms with Gasteiger partial charge in [-0.3, -0.25) is 0 Å². The molecule has 0 aromatic heterocycles. The normalized spacial score (nSPS) is 29.5. The van der Waals surface area contributed by atoms with Crippen LogP contribution in [0.5, 0.6) is 0 Å². The van der Waals surface area contributed by atoms with Gasteiger partial charge in [0.1, 0.15) is 0 Å². The molecule has 2 unspecified atom stereocenters. The molecule has 1 N–H and O–H groups in total. The summed E-state index contributed by atoms with van der Waals surface area (Å²) < 4.78 is 0. The fourth-order valence-corrected chi connectivity index (χ4v) is 2.39. The fraction of sp³-hybridized carbons (Fsp3) is 1.00. The smallest absolute Gasteiger partial charge is 0.0144 e. The van der Waals surface area contributed by atoms with Crippen LogP contribution in [-0.4, -0.2) is 37.6 Å². The zero-order valence-electron chi connectivity index (χ0n) is 9.34. The molecule has 2 atom stereocenters. The van der Waals surface area contributed by atoms with Crippen LogP contribution in [0.3, 0.4) is 0 Å². The van der Waals surface area contributed by atoms with Crippen LogP contribution in [0.25, 0.3) is 0 Å². The number of rotatable bonds is 4. The highest BCUT2D eigenvalue weighted by Gasteiger charge is 2.26. The van der Waals surface area contributed by atoms with Crippen LogP contribution in [0.15, 0.2) is 0 Å². The Morgan fingerprint density at radius 3 is 2.77 bits per heavy atom. The lowest BCUT2D eigenvalue weighted by Crippen LogP contribution is -2.48. The minimum atomic E-state index is 0.825. The predicted octanol–water partition coefficient (Wildman–Crippen LogP) is 1.72. The lowest BCUT2D eigenvalue weighted by atomic mass is 9.88. The highest BCUT2D eigenvalue weighted by Crippen LogP contribution is 2.20. The van der Waals surface area contributed by atoms with E-state index in [4.69, 9.17) is 0 Å². The van der Waals surface area contributed by atoms with Gasteiger partial charge in [-0.05, 0) is 45.4 Å². The van der Waals surface area contributed by atoms with E-state index >= 15 is 0 Å². The van der Waals surface area contributed by atoms with Crippen LogP contribution < -0.4 is 5.32 Å². The Balaban J connectivity index is 2.45. The highest BCUT2D eigenvalue weighted by molar-refractivity contribution is 4.83. The molecular formula is C11H24N2. The third kappa shape index (κ3) is 2.96.